The van der Waals surface area contributed by atoms with Crippen molar-refractivity contribution in [3.05, 3.63) is 52.5 Å². The van der Waals surface area contributed by atoms with Gasteiger partial charge in [0.2, 0.25) is 11.7 Å². The molecule has 1 fully saturated rings. The van der Waals surface area contributed by atoms with Crippen molar-refractivity contribution < 1.29 is 23.4 Å². The van der Waals surface area contributed by atoms with Crippen LogP contribution in [-0.4, -0.2) is 49.6 Å². The van der Waals surface area contributed by atoms with Crippen molar-refractivity contribution in [3.63, 3.8) is 0 Å². The zero-order valence-corrected chi connectivity index (χ0v) is 18.4. The average Bonchev–Trinajstić information content (AvgIpc) is 3.31. The highest BCUT2D eigenvalue weighted by Crippen LogP contribution is 2.46. The molecule has 31 heavy (non-hydrogen) atoms. The predicted octanol–water partition coefficient (Wildman–Crippen LogP) is 3.52. The fourth-order valence-electron chi connectivity index (χ4n) is 3.92. The average molecular weight is 442 g/mol. The highest BCUT2D eigenvalue weighted by Gasteiger charge is 2.39. The molecule has 1 amide bonds. The molecule has 0 aliphatic carbocycles. The molecular weight excluding hydrogens is 418 g/mol. The zero-order chi connectivity index (χ0) is 22.0. The van der Waals surface area contributed by atoms with E-state index in [4.69, 9.17) is 18.6 Å². The van der Waals surface area contributed by atoms with Gasteiger partial charge in [-0.1, -0.05) is 11.8 Å². The molecule has 4 rings (SSSR count). The normalized spacial score (nSPS) is 19.1. The molecule has 1 aromatic carbocycles. The van der Waals surface area contributed by atoms with E-state index in [-0.39, 0.29) is 18.2 Å². The molecule has 8 nitrogen and oxygen atoms in total. The molecule has 3 heterocycles. The number of rotatable bonds is 6. The molecule has 0 N–H and O–H groups in total. The van der Waals surface area contributed by atoms with E-state index < -0.39 is 0 Å². The van der Waals surface area contributed by atoms with Gasteiger partial charge in [-0.3, -0.25) is 14.6 Å². The Hall–Kier alpha value is -3.09. The lowest BCUT2D eigenvalue weighted by molar-refractivity contribution is -0.132. The van der Waals surface area contributed by atoms with Crippen LogP contribution in [0.3, 0.4) is 0 Å². The lowest BCUT2D eigenvalue weighted by atomic mass is 9.86. The Kier molecular flexibility index (Phi) is 6.11. The van der Waals surface area contributed by atoms with Gasteiger partial charge in [0, 0.05) is 12.3 Å². The van der Waals surface area contributed by atoms with Crippen molar-refractivity contribution >= 4 is 17.7 Å². The summed E-state index contributed by atoms with van der Waals surface area (Å²) in [5, 5.41) is 10.7. The van der Waals surface area contributed by atoms with Crippen molar-refractivity contribution in [3.8, 4) is 23.3 Å². The second kappa shape index (κ2) is 8.96. The fourth-order valence-corrected chi connectivity index (χ4v) is 5.05. The summed E-state index contributed by atoms with van der Waals surface area (Å²) in [5.41, 5.74) is 1.36. The summed E-state index contributed by atoms with van der Waals surface area (Å²) in [6, 6.07) is 9.73. The molecule has 0 saturated carbocycles. The second-order valence-electron chi connectivity index (χ2n) is 7.19. The van der Waals surface area contributed by atoms with Crippen LogP contribution in [0, 0.1) is 11.3 Å². The van der Waals surface area contributed by atoms with Gasteiger partial charge >= 0.3 is 0 Å². The third-order valence-corrected chi connectivity index (χ3v) is 6.61. The van der Waals surface area contributed by atoms with Gasteiger partial charge in [0.25, 0.3) is 0 Å². The van der Waals surface area contributed by atoms with Crippen LogP contribution in [0.2, 0.25) is 0 Å². The predicted molar refractivity (Wildman–Crippen MR) is 115 cm³/mol. The van der Waals surface area contributed by atoms with Crippen LogP contribution >= 0.6 is 11.8 Å². The van der Waals surface area contributed by atoms with Crippen molar-refractivity contribution in [1.82, 2.24) is 9.80 Å². The van der Waals surface area contributed by atoms with Crippen molar-refractivity contribution in [2.24, 2.45) is 0 Å². The molecule has 0 bridgehead atoms. The number of hydrogen-bond acceptors (Lipinski definition) is 8. The minimum Gasteiger partial charge on any atom is -0.493 e. The Labute approximate surface area is 184 Å². The monoisotopic (exact) mass is 441 g/mol. The van der Waals surface area contributed by atoms with E-state index in [1.165, 1.54) is 18.9 Å². The molecule has 162 valence electrons. The number of carbonyl (C=O) groups excluding carboxylic acids is 1. The van der Waals surface area contributed by atoms with E-state index in [2.05, 4.69) is 11.0 Å². The van der Waals surface area contributed by atoms with E-state index in [1.807, 2.05) is 24.3 Å². The summed E-state index contributed by atoms with van der Waals surface area (Å²) >= 11 is 1.50. The number of nitriles is 1. The maximum Gasteiger partial charge on any atom is 0.229 e. The van der Waals surface area contributed by atoms with Gasteiger partial charge in [-0.15, -0.1) is 0 Å². The molecule has 2 aliphatic heterocycles. The summed E-state index contributed by atoms with van der Waals surface area (Å²) < 4.78 is 21.7. The number of furan rings is 1. The van der Waals surface area contributed by atoms with Gasteiger partial charge in [-0.25, -0.2) is 0 Å². The number of allylic oxidation sites excluding steroid dienone is 1. The van der Waals surface area contributed by atoms with E-state index in [0.717, 1.165) is 11.3 Å². The molecule has 2 aromatic rings. The van der Waals surface area contributed by atoms with Gasteiger partial charge in [0.15, 0.2) is 11.5 Å². The molecule has 0 radical (unpaired) electrons. The van der Waals surface area contributed by atoms with Crippen molar-refractivity contribution in [1.29, 1.82) is 5.26 Å². The molecule has 1 atom stereocenters. The SMILES string of the molecule is COc1cc([C@@H]2CC(=O)N3CN(Cc4ccco4)CSC3=C2C#N)cc(OC)c1OC. The van der Waals surface area contributed by atoms with Gasteiger partial charge in [-0.05, 0) is 29.8 Å². The third kappa shape index (κ3) is 3.96. The van der Waals surface area contributed by atoms with Crippen LogP contribution in [0.4, 0.5) is 0 Å². The zero-order valence-electron chi connectivity index (χ0n) is 17.6. The largest absolute Gasteiger partial charge is 0.493 e. The number of ether oxygens (including phenoxy) is 3. The van der Waals surface area contributed by atoms with Crippen LogP contribution in [0.15, 0.2) is 45.5 Å². The van der Waals surface area contributed by atoms with Gasteiger partial charge < -0.3 is 18.6 Å². The van der Waals surface area contributed by atoms with Gasteiger partial charge in [-0.2, -0.15) is 5.26 Å². The topological polar surface area (TPSA) is 88.2 Å². The molecule has 0 unspecified atom stereocenters. The summed E-state index contributed by atoms with van der Waals surface area (Å²) in [4.78, 5) is 16.9. The van der Waals surface area contributed by atoms with E-state index in [1.54, 1.807) is 25.4 Å². The standard InChI is InChI=1S/C22H23N3O5S/c1-27-18-7-14(8-19(28-2)21(18)29-3)16-9-20(26)25-12-24(11-15-5-4-6-30-15)13-31-22(25)17(16)10-23/h4-8,16H,9,11-13H2,1-3H3/t16-/m0/s1. The summed E-state index contributed by atoms with van der Waals surface area (Å²) in [5.74, 6) is 2.57. The molecule has 1 saturated heterocycles. The Morgan fingerprint density at radius 3 is 2.55 bits per heavy atom. The number of carbonyl (C=O) groups is 1. The first kappa shape index (κ1) is 21.2. The van der Waals surface area contributed by atoms with Crippen LogP contribution in [-0.2, 0) is 11.3 Å². The fraction of sp³-hybridized carbons (Fsp3) is 0.364. The summed E-state index contributed by atoms with van der Waals surface area (Å²) in [6.07, 6.45) is 1.83. The Bertz CT molecular complexity index is 1020. The minimum atomic E-state index is -0.374. The van der Waals surface area contributed by atoms with Gasteiger partial charge in [0.05, 0.1) is 63.4 Å². The van der Waals surface area contributed by atoms with E-state index in [0.29, 0.717) is 46.9 Å². The Morgan fingerprint density at radius 2 is 1.97 bits per heavy atom. The highest BCUT2D eigenvalue weighted by molar-refractivity contribution is 8.03. The Balaban J connectivity index is 1.67. The molecule has 9 heteroatoms. The maximum absolute atomic E-state index is 13.1. The van der Waals surface area contributed by atoms with Crippen molar-refractivity contribution in [2.45, 2.75) is 18.9 Å². The molecular formula is C22H23N3O5S. The number of fused-ring (bicyclic) bond motifs is 1. The molecule has 0 spiro atoms. The van der Waals surface area contributed by atoms with Crippen LogP contribution in [0.1, 0.15) is 23.7 Å². The smallest absolute Gasteiger partial charge is 0.229 e. The quantitative estimate of drug-likeness (QED) is 0.673. The van der Waals surface area contributed by atoms with Crippen LogP contribution < -0.4 is 14.2 Å². The number of nitrogens with zero attached hydrogens (tertiary/aromatic N) is 3. The summed E-state index contributed by atoms with van der Waals surface area (Å²) in [7, 11) is 4.63. The van der Waals surface area contributed by atoms with Crippen molar-refractivity contribution in [2.75, 3.05) is 33.9 Å². The lowest BCUT2D eigenvalue weighted by Crippen LogP contribution is -2.46. The van der Waals surface area contributed by atoms with Crippen LogP contribution in [0.5, 0.6) is 17.2 Å². The third-order valence-electron chi connectivity index (χ3n) is 5.40. The number of amides is 1. The second-order valence-corrected chi connectivity index (χ2v) is 8.12. The number of hydrogen-bond donors (Lipinski definition) is 0. The van der Waals surface area contributed by atoms with E-state index in [9.17, 15) is 10.1 Å². The lowest BCUT2D eigenvalue weighted by Gasteiger charge is -2.41. The first-order chi connectivity index (χ1) is 15.1. The Morgan fingerprint density at radius 1 is 1.23 bits per heavy atom. The minimum absolute atomic E-state index is 0.0237. The van der Waals surface area contributed by atoms with Crippen LogP contribution in [0.25, 0.3) is 0 Å². The first-order valence-electron chi connectivity index (χ1n) is 9.71. The van der Waals surface area contributed by atoms with E-state index >= 15 is 0 Å². The highest BCUT2D eigenvalue weighted by atomic mass is 32.2. The first-order valence-corrected chi connectivity index (χ1v) is 10.7. The maximum atomic E-state index is 13.1. The number of benzene rings is 1. The van der Waals surface area contributed by atoms with Gasteiger partial charge in [0.1, 0.15) is 5.76 Å². The molecule has 2 aliphatic rings. The number of thioether (sulfide) groups is 1. The molecule has 1 aromatic heterocycles. The number of methoxy groups -OCH3 is 3. The summed E-state index contributed by atoms with van der Waals surface area (Å²) in [6.45, 7) is 1.03.